The lowest BCUT2D eigenvalue weighted by atomic mass is 9.83. The number of rotatable bonds is 5. The van der Waals surface area contributed by atoms with E-state index in [0.29, 0.717) is 34.2 Å². The van der Waals surface area contributed by atoms with Crippen LogP contribution in [-0.2, 0) is 6.54 Å². The Bertz CT molecular complexity index is 886. The van der Waals surface area contributed by atoms with Gasteiger partial charge in [-0.1, -0.05) is 29.3 Å². The molecule has 1 aromatic heterocycles. The lowest BCUT2D eigenvalue weighted by Crippen LogP contribution is -2.49. The Morgan fingerprint density at radius 3 is 2.85 bits per heavy atom. The summed E-state index contributed by atoms with van der Waals surface area (Å²) in [7, 11) is 0. The van der Waals surface area contributed by atoms with E-state index in [1.807, 2.05) is 16.7 Å². The summed E-state index contributed by atoms with van der Waals surface area (Å²) in [4.78, 5) is 14.4. The van der Waals surface area contributed by atoms with Crippen LogP contribution < -0.4 is 10.3 Å². The van der Waals surface area contributed by atoms with Crippen molar-refractivity contribution in [2.75, 3.05) is 26.2 Å². The number of pyridine rings is 1. The average Bonchev–Trinajstić information content (AvgIpc) is 2.62. The Morgan fingerprint density at radius 1 is 1.19 bits per heavy atom. The van der Waals surface area contributed by atoms with Crippen molar-refractivity contribution in [1.29, 1.82) is 0 Å². The van der Waals surface area contributed by atoms with Crippen molar-refractivity contribution in [2.24, 2.45) is 5.92 Å². The summed E-state index contributed by atoms with van der Waals surface area (Å²) in [6.07, 6.45) is 0.487. The van der Waals surface area contributed by atoms with Gasteiger partial charge in [-0.2, -0.15) is 0 Å². The molecule has 0 aliphatic carbocycles. The number of aliphatic hydroxyl groups is 1. The van der Waals surface area contributed by atoms with Gasteiger partial charge in [0, 0.05) is 48.9 Å². The van der Waals surface area contributed by atoms with Crippen LogP contribution in [0.25, 0.3) is 0 Å². The van der Waals surface area contributed by atoms with E-state index in [-0.39, 0.29) is 12.2 Å². The third-order valence-electron chi connectivity index (χ3n) is 5.35. The molecule has 0 amide bonds. The van der Waals surface area contributed by atoms with Crippen molar-refractivity contribution < 1.29 is 9.84 Å². The van der Waals surface area contributed by atoms with Gasteiger partial charge in [0.15, 0.2) is 0 Å². The molecular weight excluding hydrogens is 387 g/mol. The van der Waals surface area contributed by atoms with E-state index in [4.69, 9.17) is 27.9 Å². The van der Waals surface area contributed by atoms with Crippen molar-refractivity contribution in [3.63, 3.8) is 0 Å². The fraction of sp³-hybridized carbons (Fsp3) is 0.450. The fourth-order valence-corrected chi connectivity index (χ4v) is 4.74. The average molecular weight is 409 g/mol. The van der Waals surface area contributed by atoms with E-state index < -0.39 is 6.10 Å². The van der Waals surface area contributed by atoms with Crippen molar-refractivity contribution in [2.45, 2.75) is 25.0 Å². The smallest absolute Gasteiger partial charge is 0.250 e. The number of likely N-dealkylation sites (tertiary alicyclic amines) is 1. The van der Waals surface area contributed by atoms with Crippen LogP contribution >= 0.6 is 23.2 Å². The number of halogens is 2. The lowest BCUT2D eigenvalue weighted by Gasteiger charge is -2.43. The minimum absolute atomic E-state index is 0.0870. The highest BCUT2D eigenvalue weighted by molar-refractivity contribution is 6.35. The highest BCUT2D eigenvalue weighted by atomic mass is 35.5. The molecule has 27 heavy (non-hydrogen) atoms. The molecule has 0 spiro atoms. The van der Waals surface area contributed by atoms with Crippen LogP contribution in [0.15, 0.2) is 41.2 Å². The normalized spacial score (nSPS) is 22.9. The molecule has 0 saturated carbocycles. The number of aliphatic hydroxyl groups excluding tert-OH is 1. The van der Waals surface area contributed by atoms with Gasteiger partial charge in [0.1, 0.15) is 18.5 Å². The van der Waals surface area contributed by atoms with Gasteiger partial charge in [-0.15, -0.1) is 0 Å². The molecule has 4 rings (SSSR count). The molecule has 1 fully saturated rings. The molecule has 2 aromatic rings. The molecule has 144 valence electrons. The first-order valence-corrected chi connectivity index (χ1v) is 9.93. The number of ether oxygens (including phenoxy) is 1. The van der Waals surface area contributed by atoms with Gasteiger partial charge in [-0.3, -0.25) is 9.69 Å². The first-order valence-electron chi connectivity index (χ1n) is 9.17. The van der Waals surface area contributed by atoms with Crippen LogP contribution in [0.5, 0.6) is 5.75 Å². The summed E-state index contributed by atoms with van der Waals surface area (Å²) in [5, 5.41) is 11.4. The molecule has 1 saturated heterocycles. The largest absolute Gasteiger partial charge is 0.489 e. The van der Waals surface area contributed by atoms with Gasteiger partial charge >= 0.3 is 0 Å². The molecule has 1 unspecified atom stereocenters. The molecule has 0 radical (unpaired) electrons. The Hall–Kier alpha value is -1.53. The zero-order valence-electron chi connectivity index (χ0n) is 14.9. The van der Waals surface area contributed by atoms with Gasteiger partial charge < -0.3 is 14.4 Å². The molecule has 3 atom stereocenters. The molecule has 2 aliphatic heterocycles. The van der Waals surface area contributed by atoms with E-state index >= 15 is 0 Å². The maximum atomic E-state index is 12.1. The third-order valence-corrected chi connectivity index (χ3v) is 5.88. The molecule has 2 aliphatic rings. The number of piperidine rings is 1. The number of β-amino-alcohol motifs (C(OH)–C–C–N with tert-alkyl or cyclic N) is 1. The van der Waals surface area contributed by atoms with Crippen molar-refractivity contribution in [3.8, 4) is 5.75 Å². The van der Waals surface area contributed by atoms with Crippen LogP contribution in [0, 0.1) is 5.92 Å². The maximum Gasteiger partial charge on any atom is 0.250 e. The topological polar surface area (TPSA) is 54.7 Å². The van der Waals surface area contributed by atoms with Crippen molar-refractivity contribution in [3.05, 3.63) is 62.5 Å². The number of hydrogen-bond donors (Lipinski definition) is 1. The summed E-state index contributed by atoms with van der Waals surface area (Å²) in [5.41, 5.74) is 1.20. The summed E-state index contributed by atoms with van der Waals surface area (Å²) < 4.78 is 7.56. The maximum absolute atomic E-state index is 12.1. The van der Waals surface area contributed by atoms with Crippen LogP contribution in [0.4, 0.5) is 0 Å². The zero-order valence-corrected chi connectivity index (χ0v) is 16.4. The van der Waals surface area contributed by atoms with Gasteiger partial charge in [-0.05, 0) is 36.6 Å². The highest BCUT2D eigenvalue weighted by Crippen LogP contribution is 2.35. The molecule has 1 N–H and O–H groups in total. The minimum atomic E-state index is -0.617. The molecule has 1 aromatic carbocycles. The van der Waals surface area contributed by atoms with E-state index in [9.17, 15) is 9.90 Å². The summed E-state index contributed by atoms with van der Waals surface area (Å²) >= 11 is 12.0. The predicted molar refractivity (Wildman–Crippen MR) is 106 cm³/mol. The molecule has 7 heteroatoms. The summed E-state index contributed by atoms with van der Waals surface area (Å²) in [6, 6.07) is 10.6. The second-order valence-corrected chi connectivity index (χ2v) is 8.30. The quantitative estimate of drug-likeness (QED) is 0.825. The lowest BCUT2D eigenvalue weighted by molar-refractivity contribution is 0.0384. The van der Waals surface area contributed by atoms with Gasteiger partial charge in [0.25, 0.3) is 5.56 Å². The second kappa shape index (κ2) is 7.84. The minimum Gasteiger partial charge on any atom is -0.489 e. The number of fused-ring (bicyclic) bond motifs is 4. The standard InChI is InChI=1S/C20H22Cl2N2O3/c21-15-4-5-19(17(22)7-15)27-12-16(25)11-23-8-13-6-14(10-23)18-2-1-3-20(26)24(18)9-13/h1-5,7,13-14,16,25H,6,8-12H2/t13-,14+,16?/m1/s1. The molecule has 3 heterocycles. The first-order chi connectivity index (χ1) is 13.0. The monoisotopic (exact) mass is 408 g/mol. The Balaban J connectivity index is 1.36. The fourth-order valence-electron chi connectivity index (χ4n) is 4.27. The SMILES string of the molecule is O=c1cccc2n1C[C@@H]1C[C@H]2CN(CC(O)COc2ccc(Cl)cc2Cl)C1. The predicted octanol–water partition coefficient (Wildman–Crippen LogP) is 3.01. The van der Waals surface area contributed by atoms with E-state index in [1.165, 1.54) is 0 Å². The highest BCUT2D eigenvalue weighted by Gasteiger charge is 2.34. The summed E-state index contributed by atoms with van der Waals surface area (Å²) in [5.74, 6) is 1.30. The van der Waals surface area contributed by atoms with Crippen molar-refractivity contribution in [1.82, 2.24) is 9.47 Å². The molecular formula is C20H22Cl2N2O3. The second-order valence-electron chi connectivity index (χ2n) is 7.46. The molecule has 2 bridgehead atoms. The number of benzene rings is 1. The van der Waals surface area contributed by atoms with E-state index in [2.05, 4.69) is 4.90 Å². The van der Waals surface area contributed by atoms with Crippen molar-refractivity contribution >= 4 is 23.2 Å². The van der Waals surface area contributed by atoms with Crippen LogP contribution in [0.1, 0.15) is 18.0 Å². The van der Waals surface area contributed by atoms with Gasteiger partial charge in [0.05, 0.1) is 5.02 Å². The Morgan fingerprint density at radius 2 is 2.04 bits per heavy atom. The number of aromatic nitrogens is 1. The van der Waals surface area contributed by atoms with Gasteiger partial charge in [0.2, 0.25) is 0 Å². The first kappa shape index (κ1) is 18.8. The Labute approximate surface area is 168 Å². The van der Waals surface area contributed by atoms with E-state index in [0.717, 1.165) is 31.7 Å². The summed E-state index contributed by atoms with van der Waals surface area (Å²) in [6.45, 7) is 3.20. The third kappa shape index (κ3) is 4.16. The molecule has 5 nitrogen and oxygen atoms in total. The Kier molecular flexibility index (Phi) is 5.46. The van der Waals surface area contributed by atoms with Crippen LogP contribution in [-0.4, -0.2) is 46.9 Å². The number of hydrogen-bond acceptors (Lipinski definition) is 4. The van der Waals surface area contributed by atoms with Gasteiger partial charge in [-0.25, -0.2) is 0 Å². The van der Waals surface area contributed by atoms with Crippen LogP contribution in [0.3, 0.4) is 0 Å². The van der Waals surface area contributed by atoms with E-state index in [1.54, 1.807) is 24.3 Å². The van der Waals surface area contributed by atoms with Crippen LogP contribution in [0.2, 0.25) is 10.0 Å². The number of nitrogens with zero attached hydrogens (tertiary/aromatic N) is 2. The zero-order chi connectivity index (χ0) is 19.0.